The van der Waals surface area contributed by atoms with Crippen molar-refractivity contribution in [3.63, 3.8) is 0 Å². The van der Waals surface area contributed by atoms with Gasteiger partial charge in [0.05, 0.1) is 12.3 Å². The van der Waals surface area contributed by atoms with E-state index in [4.69, 9.17) is 5.11 Å². The maximum absolute atomic E-state index is 9.81. The standard InChI is InChI=1S/C12H18N2O2/c1-8(2)4-13-6-11-10(7-15)5-14-9(3)12(11)16/h5-6,8,15-16H,4,7H2,1-3H3. The lowest BCUT2D eigenvalue weighted by Gasteiger charge is -2.07. The van der Waals surface area contributed by atoms with Crippen molar-refractivity contribution in [2.75, 3.05) is 6.54 Å². The number of rotatable bonds is 4. The summed E-state index contributed by atoms with van der Waals surface area (Å²) in [4.78, 5) is 8.21. The van der Waals surface area contributed by atoms with Crippen LogP contribution in [0.2, 0.25) is 0 Å². The van der Waals surface area contributed by atoms with E-state index in [-0.39, 0.29) is 12.4 Å². The molecule has 16 heavy (non-hydrogen) atoms. The van der Waals surface area contributed by atoms with Crippen LogP contribution < -0.4 is 0 Å². The molecule has 0 aromatic carbocycles. The minimum absolute atomic E-state index is 0.0963. The van der Waals surface area contributed by atoms with Gasteiger partial charge in [0.1, 0.15) is 5.75 Å². The van der Waals surface area contributed by atoms with Gasteiger partial charge >= 0.3 is 0 Å². The third kappa shape index (κ3) is 3.03. The molecule has 0 aliphatic carbocycles. The van der Waals surface area contributed by atoms with Gasteiger partial charge in [0.25, 0.3) is 0 Å². The van der Waals surface area contributed by atoms with E-state index in [1.807, 2.05) is 0 Å². The van der Waals surface area contributed by atoms with Gasteiger partial charge in [-0.3, -0.25) is 9.98 Å². The summed E-state index contributed by atoms with van der Waals surface area (Å²) in [5.41, 5.74) is 1.70. The van der Waals surface area contributed by atoms with Crippen molar-refractivity contribution in [3.8, 4) is 5.75 Å². The van der Waals surface area contributed by atoms with Gasteiger partial charge in [-0.1, -0.05) is 13.8 Å². The predicted octanol–water partition coefficient (Wildman–Crippen LogP) is 1.66. The van der Waals surface area contributed by atoms with Crippen molar-refractivity contribution in [3.05, 3.63) is 23.0 Å². The van der Waals surface area contributed by atoms with Crippen LogP contribution in [-0.2, 0) is 6.61 Å². The lowest BCUT2D eigenvalue weighted by Crippen LogP contribution is -1.99. The van der Waals surface area contributed by atoms with Crippen LogP contribution in [0, 0.1) is 12.8 Å². The minimum atomic E-state index is -0.149. The van der Waals surface area contributed by atoms with Crippen molar-refractivity contribution in [1.29, 1.82) is 0 Å². The SMILES string of the molecule is Cc1ncc(CO)c(C=NCC(C)C)c1O. The smallest absolute Gasteiger partial charge is 0.145 e. The molecular weight excluding hydrogens is 204 g/mol. The van der Waals surface area contributed by atoms with Crippen molar-refractivity contribution < 1.29 is 10.2 Å². The molecule has 0 bridgehead atoms. The van der Waals surface area contributed by atoms with Crippen LogP contribution in [0.1, 0.15) is 30.7 Å². The van der Waals surface area contributed by atoms with Crippen molar-refractivity contribution in [2.24, 2.45) is 10.9 Å². The summed E-state index contributed by atoms with van der Waals surface area (Å²) in [6.07, 6.45) is 3.17. The Labute approximate surface area is 95.7 Å². The van der Waals surface area contributed by atoms with E-state index in [1.165, 1.54) is 0 Å². The monoisotopic (exact) mass is 222 g/mol. The third-order valence-electron chi connectivity index (χ3n) is 2.22. The molecule has 0 saturated heterocycles. The van der Waals surface area contributed by atoms with Gasteiger partial charge in [0.2, 0.25) is 0 Å². The van der Waals surface area contributed by atoms with E-state index in [0.29, 0.717) is 29.3 Å². The first-order valence-electron chi connectivity index (χ1n) is 5.34. The van der Waals surface area contributed by atoms with E-state index in [1.54, 1.807) is 19.3 Å². The molecule has 0 amide bonds. The molecule has 4 nitrogen and oxygen atoms in total. The zero-order valence-electron chi connectivity index (χ0n) is 9.94. The zero-order valence-corrected chi connectivity index (χ0v) is 9.94. The molecule has 0 atom stereocenters. The van der Waals surface area contributed by atoms with E-state index < -0.39 is 0 Å². The summed E-state index contributed by atoms with van der Waals surface area (Å²) < 4.78 is 0. The summed E-state index contributed by atoms with van der Waals surface area (Å²) in [6.45, 7) is 6.41. The molecule has 1 aromatic heterocycles. The molecule has 88 valence electrons. The van der Waals surface area contributed by atoms with Crippen LogP contribution in [0.15, 0.2) is 11.2 Å². The third-order valence-corrected chi connectivity index (χ3v) is 2.22. The van der Waals surface area contributed by atoms with Gasteiger partial charge in [0, 0.05) is 30.1 Å². The Morgan fingerprint density at radius 2 is 2.19 bits per heavy atom. The Morgan fingerprint density at radius 3 is 2.75 bits per heavy atom. The fourth-order valence-corrected chi connectivity index (χ4v) is 1.28. The first-order valence-corrected chi connectivity index (χ1v) is 5.34. The van der Waals surface area contributed by atoms with Crippen LogP contribution in [-0.4, -0.2) is 28.0 Å². The van der Waals surface area contributed by atoms with Gasteiger partial charge in [-0.2, -0.15) is 0 Å². The van der Waals surface area contributed by atoms with E-state index in [0.717, 1.165) is 0 Å². The maximum atomic E-state index is 9.81. The zero-order chi connectivity index (χ0) is 12.1. The van der Waals surface area contributed by atoms with E-state index in [2.05, 4.69) is 23.8 Å². The van der Waals surface area contributed by atoms with Crippen LogP contribution in [0.5, 0.6) is 5.75 Å². The van der Waals surface area contributed by atoms with Gasteiger partial charge in [0.15, 0.2) is 0 Å². The lowest BCUT2D eigenvalue weighted by molar-refractivity contribution is 0.280. The number of aliphatic imine (C=N–C) groups is 1. The highest BCUT2D eigenvalue weighted by Crippen LogP contribution is 2.21. The molecular formula is C12H18N2O2. The van der Waals surface area contributed by atoms with Crippen molar-refractivity contribution in [1.82, 2.24) is 4.98 Å². The number of aliphatic hydroxyl groups is 1. The van der Waals surface area contributed by atoms with Crippen LogP contribution in [0.3, 0.4) is 0 Å². The van der Waals surface area contributed by atoms with Crippen LogP contribution in [0.4, 0.5) is 0 Å². The second-order valence-corrected chi connectivity index (χ2v) is 4.18. The molecule has 1 heterocycles. The molecule has 1 aromatic rings. The fraction of sp³-hybridized carbons (Fsp3) is 0.500. The van der Waals surface area contributed by atoms with Gasteiger partial charge in [-0.15, -0.1) is 0 Å². The van der Waals surface area contributed by atoms with Crippen LogP contribution in [0.25, 0.3) is 0 Å². The highest BCUT2D eigenvalue weighted by molar-refractivity contribution is 5.85. The molecule has 0 fully saturated rings. The first kappa shape index (κ1) is 12.6. The molecule has 0 aliphatic rings. The van der Waals surface area contributed by atoms with Crippen molar-refractivity contribution >= 4 is 6.21 Å². The van der Waals surface area contributed by atoms with Gasteiger partial charge in [-0.25, -0.2) is 0 Å². The summed E-state index contributed by atoms with van der Waals surface area (Å²) in [6, 6.07) is 0. The molecule has 0 radical (unpaired) electrons. The normalized spacial score (nSPS) is 11.6. The highest BCUT2D eigenvalue weighted by Gasteiger charge is 2.08. The number of aliphatic hydroxyl groups excluding tert-OH is 1. The quantitative estimate of drug-likeness (QED) is 0.761. The Balaban J connectivity index is 3.01. The number of nitrogens with zero attached hydrogens (tertiary/aromatic N) is 2. The van der Waals surface area contributed by atoms with Crippen LogP contribution >= 0.6 is 0 Å². The summed E-state index contributed by atoms with van der Waals surface area (Å²) in [7, 11) is 0. The largest absolute Gasteiger partial charge is 0.505 e. The van der Waals surface area contributed by atoms with Crippen molar-refractivity contribution in [2.45, 2.75) is 27.4 Å². The molecule has 0 spiro atoms. The minimum Gasteiger partial charge on any atom is -0.505 e. The Kier molecular flexibility index (Phi) is 4.43. The average molecular weight is 222 g/mol. The number of hydrogen-bond donors (Lipinski definition) is 2. The number of aryl methyl sites for hydroxylation is 1. The average Bonchev–Trinajstić information content (AvgIpc) is 2.24. The summed E-state index contributed by atoms with van der Waals surface area (Å²) in [5.74, 6) is 0.568. The Bertz CT molecular complexity index is 387. The molecule has 4 heteroatoms. The molecule has 1 rings (SSSR count). The Morgan fingerprint density at radius 1 is 1.50 bits per heavy atom. The number of hydrogen-bond acceptors (Lipinski definition) is 4. The maximum Gasteiger partial charge on any atom is 0.145 e. The number of aromatic nitrogens is 1. The molecule has 0 unspecified atom stereocenters. The summed E-state index contributed by atoms with van der Waals surface area (Å²) >= 11 is 0. The van der Waals surface area contributed by atoms with E-state index >= 15 is 0 Å². The molecule has 0 saturated carbocycles. The highest BCUT2D eigenvalue weighted by atomic mass is 16.3. The second-order valence-electron chi connectivity index (χ2n) is 4.18. The van der Waals surface area contributed by atoms with Gasteiger partial charge in [-0.05, 0) is 12.8 Å². The summed E-state index contributed by atoms with van der Waals surface area (Å²) in [5, 5.41) is 18.9. The molecule has 2 N–H and O–H groups in total. The van der Waals surface area contributed by atoms with Gasteiger partial charge < -0.3 is 10.2 Å². The number of pyridine rings is 1. The fourth-order valence-electron chi connectivity index (χ4n) is 1.28. The first-order chi connectivity index (χ1) is 7.56. The van der Waals surface area contributed by atoms with E-state index in [9.17, 15) is 5.11 Å². The number of aromatic hydroxyl groups is 1. The Hall–Kier alpha value is -1.42. The second kappa shape index (κ2) is 5.61. The lowest BCUT2D eigenvalue weighted by atomic mass is 10.1. The molecule has 0 aliphatic heterocycles. The predicted molar refractivity (Wildman–Crippen MR) is 63.9 cm³/mol. The topological polar surface area (TPSA) is 65.7 Å².